The quantitative estimate of drug-likeness (QED) is 0.598. The van der Waals surface area contributed by atoms with Gasteiger partial charge < -0.3 is 0 Å². The zero-order valence-corrected chi connectivity index (χ0v) is 11.3. The lowest BCUT2D eigenvalue weighted by Gasteiger charge is -1.95. The lowest BCUT2D eigenvalue weighted by Crippen LogP contribution is -1.68. The second kappa shape index (κ2) is 3.40. The van der Waals surface area contributed by atoms with Crippen molar-refractivity contribution in [3.8, 4) is 0 Å². The predicted octanol–water partition coefficient (Wildman–Crippen LogP) is 5.19. The maximum atomic E-state index is 3.53. The summed E-state index contributed by atoms with van der Waals surface area (Å²) < 4.78 is 4.68. The van der Waals surface area contributed by atoms with Gasteiger partial charge in [0, 0.05) is 19.0 Å². The first kappa shape index (κ1) is 9.19. The largest absolute Gasteiger partial charge is 0.128 e. The normalized spacial score (nSPS) is 10.9. The molecule has 62 valence electrons. The number of thiophene rings is 1. The highest BCUT2D eigenvalue weighted by molar-refractivity contribution is 9.13. The van der Waals surface area contributed by atoms with Crippen molar-refractivity contribution in [3.05, 3.63) is 30.9 Å². The van der Waals surface area contributed by atoms with E-state index < -0.39 is 0 Å². The van der Waals surface area contributed by atoms with Crippen LogP contribution in [0.2, 0.25) is 0 Å². The van der Waals surface area contributed by atoms with Crippen LogP contribution in [0.15, 0.2) is 30.9 Å². The molecule has 2 rings (SSSR count). The van der Waals surface area contributed by atoms with Gasteiger partial charge in [-0.3, -0.25) is 0 Å². The molecule has 0 nitrogen and oxygen atoms in total. The molecule has 0 unspecified atom stereocenters. The molecule has 0 amide bonds. The van der Waals surface area contributed by atoms with Gasteiger partial charge in [0.15, 0.2) is 0 Å². The van der Waals surface area contributed by atoms with E-state index in [0.29, 0.717) is 0 Å². The second-order valence-electron chi connectivity index (χ2n) is 2.32. The van der Waals surface area contributed by atoms with Crippen molar-refractivity contribution in [2.45, 2.75) is 0 Å². The Balaban J connectivity index is 2.89. The molecule has 1 aromatic heterocycles. The molecule has 1 aromatic carbocycles. The average Bonchev–Trinajstić information content (AvgIpc) is 2.39. The third-order valence-corrected chi connectivity index (χ3v) is 5.21. The van der Waals surface area contributed by atoms with Crippen LogP contribution in [0.25, 0.3) is 10.1 Å². The molecule has 0 aliphatic carbocycles. The molecule has 0 radical (unpaired) electrons. The van der Waals surface area contributed by atoms with E-state index in [4.69, 9.17) is 0 Å². The van der Waals surface area contributed by atoms with Gasteiger partial charge >= 0.3 is 0 Å². The number of hydrogen-bond donors (Lipinski definition) is 0. The smallest absolute Gasteiger partial charge is 0.0711 e. The van der Waals surface area contributed by atoms with E-state index in [1.165, 1.54) is 10.1 Å². The van der Waals surface area contributed by atoms with Crippen LogP contribution in [-0.4, -0.2) is 0 Å². The van der Waals surface area contributed by atoms with Crippen LogP contribution >= 0.6 is 59.1 Å². The van der Waals surface area contributed by atoms with Gasteiger partial charge in [0.2, 0.25) is 0 Å². The Morgan fingerprint density at radius 3 is 2.58 bits per heavy atom. The predicted molar refractivity (Wildman–Crippen MR) is 64.9 cm³/mol. The molecule has 0 fully saturated rings. The SMILES string of the molecule is Brc1cc2c(Br)c(Br)ccc2s1. The van der Waals surface area contributed by atoms with Crippen LogP contribution < -0.4 is 0 Å². The molecule has 0 spiro atoms. The van der Waals surface area contributed by atoms with Crippen LogP contribution in [0, 0.1) is 0 Å². The van der Waals surface area contributed by atoms with Crippen LogP contribution in [0.1, 0.15) is 0 Å². The maximum absolute atomic E-state index is 3.53. The van der Waals surface area contributed by atoms with Crippen LogP contribution in [0.4, 0.5) is 0 Å². The summed E-state index contributed by atoms with van der Waals surface area (Å²) in [5.74, 6) is 0. The molecule has 12 heavy (non-hydrogen) atoms. The third kappa shape index (κ3) is 1.50. The summed E-state index contributed by atoms with van der Waals surface area (Å²) in [6.07, 6.45) is 0. The number of halogens is 3. The molecule has 0 aliphatic heterocycles. The van der Waals surface area contributed by atoms with Crippen molar-refractivity contribution >= 4 is 69.2 Å². The fourth-order valence-electron chi connectivity index (χ4n) is 1.02. The van der Waals surface area contributed by atoms with E-state index >= 15 is 0 Å². The fraction of sp³-hybridized carbons (Fsp3) is 0. The first-order chi connectivity index (χ1) is 5.68. The fourth-order valence-corrected chi connectivity index (χ4v) is 3.50. The number of hydrogen-bond acceptors (Lipinski definition) is 1. The summed E-state index contributed by atoms with van der Waals surface area (Å²) in [5, 5.41) is 1.25. The van der Waals surface area contributed by atoms with E-state index in [0.717, 1.165) is 12.7 Å². The van der Waals surface area contributed by atoms with E-state index in [9.17, 15) is 0 Å². The summed E-state index contributed by atoms with van der Waals surface area (Å²) in [4.78, 5) is 0. The minimum Gasteiger partial charge on any atom is -0.128 e. The highest BCUT2D eigenvalue weighted by atomic mass is 79.9. The van der Waals surface area contributed by atoms with Crippen molar-refractivity contribution in [1.29, 1.82) is 0 Å². The Bertz CT molecular complexity index is 433. The monoisotopic (exact) mass is 368 g/mol. The Hall–Kier alpha value is 0.620. The molecule has 1 heterocycles. The van der Waals surface area contributed by atoms with Crippen molar-refractivity contribution in [2.24, 2.45) is 0 Å². The zero-order chi connectivity index (χ0) is 8.72. The van der Waals surface area contributed by atoms with Crippen molar-refractivity contribution in [3.63, 3.8) is 0 Å². The molecule has 0 N–H and O–H groups in total. The lowest BCUT2D eigenvalue weighted by atomic mass is 10.3. The van der Waals surface area contributed by atoms with E-state index in [1.807, 2.05) is 0 Å². The van der Waals surface area contributed by atoms with Gasteiger partial charge in [0.1, 0.15) is 0 Å². The summed E-state index contributed by atoms with van der Waals surface area (Å²) >= 11 is 12.2. The van der Waals surface area contributed by atoms with Crippen LogP contribution in [0.5, 0.6) is 0 Å². The molecule has 0 aliphatic rings. The second-order valence-corrected chi connectivity index (χ2v) is 6.43. The van der Waals surface area contributed by atoms with Gasteiger partial charge in [-0.05, 0) is 66.0 Å². The highest BCUT2D eigenvalue weighted by Gasteiger charge is 2.05. The van der Waals surface area contributed by atoms with Gasteiger partial charge in [0.25, 0.3) is 0 Å². The van der Waals surface area contributed by atoms with Crippen molar-refractivity contribution in [2.75, 3.05) is 0 Å². The topological polar surface area (TPSA) is 0 Å². The van der Waals surface area contributed by atoms with Crippen LogP contribution in [0.3, 0.4) is 0 Å². The molecular formula is C8H3Br3S. The van der Waals surface area contributed by atoms with E-state index in [1.54, 1.807) is 11.3 Å². The van der Waals surface area contributed by atoms with Crippen molar-refractivity contribution in [1.82, 2.24) is 0 Å². The van der Waals surface area contributed by atoms with Gasteiger partial charge in [-0.25, -0.2) is 0 Å². The highest BCUT2D eigenvalue weighted by Crippen LogP contribution is 2.37. The Labute approximate surface area is 99.4 Å². The molecule has 0 saturated heterocycles. The lowest BCUT2D eigenvalue weighted by molar-refractivity contribution is 1.70. The molecule has 0 saturated carbocycles. The van der Waals surface area contributed by atoms with Gasteiger partial charge in [-0.2, -0.15) is 0 Å². The molecule has 2 aromatic rings. The van der Waals surface area contributed by atoms with Gasteiger partial charge in [-0.1, -0.05) is 0 Å². The minimum absolute atomic E-state index is 1.10. The Morgan fingerprint density at radius 1 is 1.08 bits per heavy atom. The summed E-state index contributed by atoms with van der Waals surface area (Å²) in [7, 11) is 0. The first-order valence-corrected chi connectivity index (χ1v) is 6.41. The molecule has 4 heteroatoms. The summed E-state index contributed by atoms with van der Waals surface area (Å²) in [5.41, 5.74) is 0. The third-order valence-electron chi connectivity index (χ3n) is 1.56. The maximum Gasteiger partial charge on any atom is 0.0711 e. The number of benzene rings is 1. The standard InChI is InChI=1S/C8H3Br3S/c9-5-1-2-6-4(8(5)11)3-7(10)12-6/h1-3H. The average molecular weight is 371 g/mol. The van der Waals surface area contributed by atoms with Gasteiger partial charge in [0.05, 0.1) is 3.79 Å². The molecule has 0 atom stereocenters. The minimum atomic E-state index is 1.10. The van der Waals surface area contributed by atoms with E-state index in [-0.39, 0.29) is 0 Å². The Kier molecular flexibility index (Phi) is 2.61. The first-order valence-electron chi connectivity index (χ1n) is 3.21. The molecular weight excluding hydrogens is 368 g/mol. The van der Waals surface area contributed by atoms with Crippen LogP contribution in [-0.2, 0) is 0 Å². The zero-order valence-electron chi connectivity index (χ0n) is 5.77. The molecule has 0 bridgehead atoms. The number of fused-ring (bicyclic) bond motifs is 1. The van der Waals surface area contributed by atoms with Gasteiger partial charge in [-0.15, -0.1) is 11.3 Å². The van der Waals surface area contributed by atoms with E-state index in [2.05, 4.69) is 66.0 Å². The van der Waals surface area contributed by atoms with Crippen molar-refractivity contribution < 1.29 is 0 Å². The Morgan fingerprint density at radius 2 is 1.83 bits per heavy atom. The summed E-state index contributed by atoms with van der Waals surface area (Å²) in [6, 6.07) is 6.28. The summed E-state index contributed by atoms with van der Waals surface area (Å²) in [6.45, 7) is 0. The number of rotatable bonds is 0.